The summed E-state index contributed by atoms with van der Waals surface area (Å²) in [6, 6.07) is 4.00. The number of nitrogens with one attached hydrogen (secondary N) is 1. The molecule has 1 aromatic carbocycles. The third-order valence-corrected chi connectivity index (χ3v) is 3.40. The Bertz CT molecular complexity index is 520. The average Bonchev–Trinajstić information content (AvgIpc) is 2.45. The van der Waals surface area contributed by atoms with Crippen LogP contribution >= 0.6 is 11.6 Å². The molecule has 116 valence electrons. The maximum Gasteiger partial charge on any atom is 0.310 e. The van der Waals surface area contributed by atoms with Gasteiger partial charge in [0.1, 0.15) is 0 Å². The van der Waals surface area contributed by atoms with Gasteiger partial charge in [-0.1, -0.05) is 13.8 Å². The monoisotopic (exact) mass is 314 g/mol. The van der Waals surface area contributed by atoms with Gasteiger partial charge in [0.2, 0.25) is 0 Å². The lowest BCUT2D eigenvalue weighted by Crippen LogP contribution is -2.38. The second-order valence-corrected chi connectivity index (χ2v) is 5.32. The van der Waals surface area contributed by atoms with Gasteiger partial charge in [-0.3, -0.25) is 14.9 Å². The highest BCUT2D eigenvalue weighted by molar-refractivity contribution is 6.17. The molecule has 0 aliphatic carbocycles. The van der Waals surface area contributed by atoms with Crippen LogP contribution in [0, 0.1) is 16.0 Å². The van der Waals surface area contributed by atoms with Crippen molar-refractivity contribution >= 4 is 23.2 Å². The number of halogens is 1. The predicted octanol–water partition coefficient (Wildman–Crippen LogP) is 2.99. The Labute approximate surface area is 128 Å². The minimum atomic E-state index is -0.551. The van der Waals surface area contributed by atoms with Crippen molar-refractivity contribution in [1.82, 2.24) is 5.32 Å². The molecular weight excluding hydrogens is 296 g/mol. The molecular formula is C14H19ClN2O4. The summed E-state index contributed by atoms with van der Waals surface area (Å²) >= 11 is 5.73. The molecule has 0 aromatic heterocycles. The van der Waals surface area contributed by atoms with Gasteiger partial charge in [-0.15, -0.1) is 11.6 Å². The van der Waals surface area contributed by atoms with Crippen molar-refractivity contribution in [2.24, 2.45) is 5.92 Å². The molecule has 6 nitrogen and oxygen atoms in total. The first kappa shape index (κ1) is 17.2. The lowest BCUT2D eigenvalue weighted by molar-refractivity contribution is -0.385. The highest BCUT2D eigenvalue weighted by Gasteiger charge is 2.20. The zero-order chi connectivity index (χ0) is 16.0. The SMILES string of the molecule is COc1cc(C(=O)NC(CCCl)C(C)C)ccc1[N+](=O)[O-]. The highest BCUT2D eigenvalue weighted by Crippen LogP contribution is 2.27. The van der Waals surface area contributed by atoms with E-state index in [9.17, 15) is 14.9 Å². The molecule has 1 rings (SSSR count). The molecule has 0 fully saturated rings. The molecule has 21 heavy (non-hydrogen) atoms. The number of nitro groups is 1. The average molecular weight is 315 g/mol. The second-order valence-electron chi connectivity index (χ2n) is 4.95. The Morgan fingerprint density at radius 3 is 2.62 bits per heavy atom. The largest absolute Gasteiger partial charge is 0.490 e. The highest BCUT2D eigenvalue weighted by atomic mass is 35.5. The number of carbonyl (C=O) groups is 1. The van der Waals surface area contributed by atoms with Gasteiger partial charge in [0, 0.05) is 29.6 Å². The van der Waals surface area contributed by atoms with E-state index in [4.69, 9.17) is 16.3 Å². The second kappa shape index (κ2) is 7.83. The van der Waals surface area contributed by atoms with Gasteiger partial charge in [-0.2, -0.15) is 0 Å². The van der Waals surface area contributed by atoms with E-state index < -0.39 is 4.92 Å². The Kier molecular flexibility index (Phi) is 6.42. The summed E-state index contributed by atoms with van der Waals surface area (Å²) in [5.74, 6) is 0.456. The van der Waals surface area contributed by atoms with Gasteiger partial charge in [0.25, 0.3) is 5.91 Å². The van der Waals surface area contributed by atoms with Gasteiger partial charge in [0.15, 0.2) is 5.75 Å². The van der Waals surface area contributed by atoms with Crippen LogP contribution in [0.5, 0.6) is 5.75 Å². The van der Waals surface area contributed by atoms with E-state index in [0.717, 1.165) is 0 Å². The number of methoxy groups -OCH3 is 1. The number of ether oxygens (including phenoxy) is 1. The topological polar surface area (TPSA) is 81.5 Å². The molecule has 0 aliphatic rings. The smallest absolute Gasteiger partial charge is 0.310 e. The first-order valence-corrected chi connectivity index (χ1v) is 7.13. The molecule has 1 unspecified atom stereocenters. The van der Waals surface area contributed by atoms with E-state index in [-0.39, 0.29) is 29.3 Å². The van der Waals surface area contributed by atoms with Crippen molar-refractivity contribution in [3.8, 4) is 5.75 Å². The predicted molar refractivity (Wildman–Crippen MR) is 81.1 cm³/mol. The number of benzene rings is 1. The van der Waals surface area contributed by atoms with Crippen LogP contribution < -0.4 is 10.1 Å². The van der Waals surface area contributed by atoms with Gasteiger partial charge < -0.3 is 10.1 Å². The summed E-state index contributed by atoms with van der Waals surface area (Å²) in [4.78, 5) is 22.5. The van der Waals surface area contributed by atoms with Gasteiger partial charge in [-0.25, -0.2) is 0 Å². The number of hydrogen-bond acceptors (Lipinski definition) is 4. The molecule has 1 atom stereocenters. The normalized spacial score (nSPS) is 12.0. The third-order valence-electron chi connectivity index (χ3n) is 3.18. The molecule has 0 heterocycles. The van der Waals surface area contributed by atoms with E-state index in [2.05, 4.69) is 5.32 Å². The van der Waals surface area contributed by atoms with Crippen molar-refractivity contribution < 1.29 is 14.5 Å². The molecule has 0 aliphatic heterocycles. The van der Waals surface area contributed by atoms with E-state index in [1.165, 1.54) is 25.3 Å². The maximum atomic E-state index is 12.2. The minimum absolute atomic E-state index is 0.0452. The summed E-state index contributed by atoms with van der Waals surface area (Å²) in [6.07, 6.45) is 0.662. The number of alkyl halides is 1. The van der Waals surface area contributed by atoms with Crippen molar-refractivity contribution in [3.05, 3.63) is 33.9 Å². The molecule has 0 saturated heterocycles. The fraction of sp³-hybridized carbons (Fsp3) is 0.500. The van der Waals surface area contributed by atoms with Crippen LogP contribution in [0.15, 0.2) is 18.2 Å². The molecule has 7 heteroatoms. The third kappa shape index (κ3) is 4.60. The number of nitrogens with zero attached hydrogens (tertiary/aromatic N) is 1. The summed E-state index contributed by atoms with van der Waals surface area (Å²) in [6.45, 7) is 3.99. The Morgan fingerprint density at radius 2 is 2.14 bits per heavy atom. The first-order chi connectivity index (χ1) is 9.90. The zero-order valence-corrected chi connectivity index (χ0v) is 13.0. The van der Waals surface area contributed by atoms with Crippen LogP contribution in [0.1, 0.15) is 30.6 Å². The van der Waals surface area contributed by atoms with E-state index >= 15 is 0 Å². The van der Waals surface area contributed by atoms with Crippen LogP contribution in [-0.4, -0.2) is 29.9 Å². The molecule has 0 radical (unpaired) electrons. The molecule has 0 spiro atoms. The number of nitro benzene ring substituents is 1. The lowest BCUT2D eigenvalue weighted by atomic mass is 10.0. The van der Waals surface area contributed by atoms with Crippen molar-refractivity contribution in [1.29, 1.82) is 0 Å². The maximum absolute atomic E-state index is 12.2. The minimum Gasteiger partial charge on any atom is -0.490 e. The number of carbonyl (C=O) groups excluding carboxylic acids is 1. The van der Waals surface area contributed by atoms with Gasteiger partial charge in [-0.05, 0) is 18.4 Å². The summed E-state index contributed by atoms with van der Waals surface area (Å²) in [5, 5.41) is 13.7. The lowest BCUT2D eigenvalue weighted by Gasteiger charge is -2.21. The Morgan fingerprint density at radius 1 is 1.48 bits per heavy atom. The molecule has 1 N–H and O–H groups in total. The number of hydrogen-bond donors (Lipinski definition) is 1. The standard InChI is InChI=1S/C14H19ClN2O4/c1-9(2)11(6-7-15)16-14(18)10-4-5-12(17(19)20)13(8-10)21-3/h4-5,8-9,11H,6-7H2,1-3H3,(H,16,18). The molecule has 1 amide bonds. The molecule has 1 aromatic rings. The van der Waals surface area contributed by atoms with Crippen LogP contribution in [-0.2, 0) is 0 Å². The van der Waals surface area contributed by atoms with Crippen molar-refractivity contribution in [2.45, 2.75) is 26.3 Å². The van der Waals surface area contributed by atoms with E-state index in [1.54, 1.807) is 0 Å². The van der Waals surface area contributed by atoms with Crippen LogP contribution in [0.2, 0.25) is 0 Å². The fourth-order valence-corrected chi connectivity index (χ4v) is 2.15. The van der Waals surface area contributed by atoms with E-state index in [1.807, 2.05) is 13.8 Å². The van der Waals surface area contributed by atoms with Crippen molar-refractivity contribution in [3.63, 3.8) is 0 Å². The molecule has 0 bridgehead atoms. The summed E-state index contributed by atoms with van der Waals surface area (Å²) in [7, 11) is 1.33. The van der Waals surface area contributed by atoms with Crippen LogP contribution in [0.4, 0.5) is 5.69 Å². The Hall–Kier alpha value is -1.82. The number of amides is 1. The summed E-state index contributed by atoms with van der Waals surface area (Å²) in [5.41, 5.74) is 0.146. The first-order valence-electron chi connectivity index (χ1n) is 6.60. The quantitative estimate of drug-likeness (QED) is 0.476. The van der Waals surface area contributed by atoms with Crippen molar-refractivity contribution in [2.75, 3.05) is 13.0 Å². The van der Waals surface area contributed by atoms with Gasteiger partial charge in [0.05, 0.1) is 12.0 Å². The van der Waals surface area contributed by atoms with Crippen LogP contribution in [0.3, 0.4) is 0 Å². The number of rotatable bonds is 7. The fourth-order valence-electron chi connectivity index (χ4n) is 1.91. The van der Waals surface area contributed by atoms with Crippen LogP contribution in [0.25, 0.3) is 0 Å². The molecule has 0 saturated carbocycles. The van der Waals surface area contributed by atoms with E-state index in [0.29, 0.717) is 17.9 Å². The Balaban J connectivity index is 2.94. The van der Waals surface area contributed by atoms with Gasteiger partial charge >= 0.3 is 5.69 Å². The zero-order valence-electron chi connectivity index (χ0n) is 12.3. The summed E-state index contributed by atoms with van der Waals surface area (Å²) < 4.78 is 4.95.